The summed E-state index contributed by atoms with van der Waals surface area (Å²) in [5, 5.41) is 0. The predicted octanol–water partition coefficient (Wildman–Crippen LogP) is 8.66. The molecular formula is C28H48. The van der Waals surface area contributed by atoms with Gasteiger partial charge in [0.1, 0.15) is 0 Å². The molecule has 0 aromatic rings. The van der Waals surface area contributed by atoms with E-state index < -0.39 is 0 Å². The van der Waals surface area contributed by atoms with Gasteiger partial charge in [0.25, 0.3) is 0 Å². The standard InChI is InChI=1S/C28H48/c1-19(2)20(3)10-11-21(4)24-14-15-25-23-13-12-22-9-7-8-17-27(22,5)26(23)16-18-28(24,25)6/h15,19-24,26H,7-14,16-18H2,1-6H3. The molecule has 3 saturated carbocycles. The molecule has 0 aromatic heterocycles. The molecule has 4 aliphatic carbocycles. The van der Waals surface area contributed by atoms with Crippen molar-refractivity contribution in [3.63, 3.8) is 0 Å². The van der Waals surface area contributed by atoms with Gasteiger partial charge in [0.2, 0.25) is 0 Å². The Morgan fingerprint density at radius 3 is 2.46 bits per heavy atom. The largest absolute Gasteiger partial charge is 0.0842 e. The summed E-state index contributed by atoms with van der Waals surface area (Å²) >= 11 is 0. The number of rotatable bonds is 5. The molecule has 3 fully saturated rings. The van der Waals surface area contributed by atoms with Gasteiger partial charge in [0.15, 0.2) is 0 Å². The zero-order chi connectivity index (χ0) is 20.1. The Hall–Kier alpha value is -0.260. The van der Waals surface area contributed by atoms with E-state index in [0.717, 1.165) is 41.4 Å². The maximum absolute atomic E-state index is 2.77. The van der Waals surface area contributed by atoms with Crippen molar-refractivity contribution >= 4 is 0 Å². The van der Waals surface area contributed by atoms with Gasteiger partial charge in [0, 0.05) is 0 Å². The molecule has 4 rings (SSSR count). The highest BCUT2D eigenvalue weighted by atomic mass is 14.6. The minimum absolute atomic E-state index is 0.527. The van der Waals surface area contributed by atoms with E-state index >= 15 is 0 Å². The van der Waals surface area contributed by atoms with Gasteiger partial charge >= 0.3 is 0 Å². The first-order chi connectivity index (χ1) is 13.3. The average molecular weight is 385 g/mol. The molecule has 0 saturated heterocycles. The maximum atomic E-state index is 2.77. The summed E-state index contributed by atoms with van der Waals surface area (Å²) in [6.07, 6.45) is 19.1. The van der Waals surface area contributed by atoms with Crippen LogP contribution in [0.2, 0.25) is 0 Å². The highest BCUT2D eigenvalue weighted by Crippen LogP contribution is 2.66. The molecular weight excluding hydrogens is 336 g/mol. The third-order valence-corrected chi connectivity index (χ3v) is 11.0. The monoisotopic (exact) mass is 384 g/mol. The van der Waals surface area contributed by atoms with E-state index in [1.165, 1.54) is 70.6 Å². The quantitative estimate of drug-likeness (QED) is 0.416. The smallest absolute Gasteiger partial charge is 0.00797 e. The Morgan fingerprint density at radius 2 is 1.71 bits per heavy atom. The maximum Gasteiger partial charge on any atom is -0.00797 e. The zero-order valence-corrected chi connectivity index (χ0v) is 19.9. The SMILES string of the molecule is CC(C)C(C)CCC(C)C1CC=C2C3CCC4CCCCC4(C)C3CCC21C. The van der Waals surface area contributed by atoms with Crippen molar-refractivity contribution in [1.29, 1.82) is 0 Å². The summed E-state index contributed by atoms with van der Waals surface area (Å²) in [7, 11) is 0. The van der Waals surface area contributed by atoms with Crippen molar-refractivity contribution in [3.05, 3.63) is 11.6 Å². The van der Waals surface area contributed by atoms with Crippen molar-refractivity contribution in [1.82, 2.24) is 0 Å². The molecule has 0 aliphatic heterocycles. The summed E-state index contributed by atoms with van der Waals surface area (Å²) in [6, 6.07) is 0. The fourth-order valence-electron chi connectivity index (χ4n) is 8.58. The Balaban J connectivity index is 1.47. The fourth-order valence-corrected chi connectivity index (χ4v) is 8.58. The minimum atomic E-state index is 0.527. The molecule has 0 heteroatoms. The minimum Gasteiger partial charge on any atom is -0.0842 e. The number of hydrogen-bond acceptors (Lipinski definition) is 0. The van der Waals surface area contributed by atoms with Crippen molar-refractivity contribution in [3.8, 4) is 0 Å². The van der Waals surface area contributed by atoms with Gasteiger partial charge in [-0.3, -0.25) is 0 Å². The molecule has 0 N–H and O–H groups in total. The van der Waals surface area contributed by atoms with E-state index in [9.17, 15) is 0 Å². The first-order valence-corrected chi connectivity index (χ1v) is 13.0. The van der Waals surface area contributed by atoms with Crippen molar-refractivity contribution < 1.29 is 0 Å². The molecule has 160 valence electrons. The van der Waals surface area contributed by atoms with Crippen LogP contribution in [0, 0.1) is 52.3 Å². The first-order valence-electron chi connectivity index (χ1n) is 13.0. The molecule has 4 aliphatic rings. The summed E-state index contributed by atoms with van der Waals surface area (Å²) < 4.78 is 0. The summed E-state index contributed by atoms with van der Waals surface area (Å²) in [6.45, 7) is 15.2. The molecule has 0 nitrogen and oxygen atoms in total. The Bertz CT molecular complexity index is 585. The third-order valence-electron chi connectivity index (χ3n) is 11.0. The van der Waals surface area contributed by atoms with Crippen LogP contribution < -0.4 is 0 Å². The van der Waals surface area contributed by atoms with Crippen LogP contribution in [0.4, 0.5) is 0 Å². The lowest BCUT2D eigenvalue weighted by Crippen LogP contribution is -2.50. The molecule has 0 bridgehead atoms. The van der Waals surface area contributed by atoms with Crippen molar-refractivity contribution in [2.75, 3.05) is 0 Å². The highest BCUT2D eigenvalue weighted by Gasteiger charge is 2.57. The molecule has 0 heterocycles. The molecule has 28 heavy (non-hydrogen) atoms. The highest BCUT2D eigenvalue weighted by molar-refractivity contribution is 5.30. The summed E-state index contributed by atoms with van der Waals surface area (Å²) in [5.41, 5.74) is 3.14. The molecule has 8 unspecified atom stereocenters. The van der Waals surface area contributed by atoms with Gasteiger partial charge in [-0.05, 0) is 97.2 Å². The normalized spacial score (nSPS) is 45.0. The number of hydrogen-bond donors (Lipinski definition) is 0. The predicted molar refractivity (Wildman–Crippen MR) is 122 cm³/mol. The van der Waals surface area contributed by atoms with Gasteiger partial charge in [-0.25, -0.2) is 0 Å². The fraction of sp³-hybridized carbons (Fsp3) is 0.929. The second-order valence-electron chi connectivity index (χ2n) is 12.5. The van der Waals surface area contributed by atoms with E-state index in [2.05, 4.69) is 47.6 Å². The third kappa shape index (κ3) is 3.33. The topological polar surface area (TPSA) is 0 Å². The lowest BCUT2D eigenvalue weighted by molar-refractivity contribution is -0.0585. The van der Waals surface area contributed by atoms with Crippen LogP contribution in [0.1, 0.15) is 112 Å². The molecule has 0 aromatic carbocycles. The van der Waals surface area contributed by atoms with Gasteiger partial charge in [-0.2, -0.15) is 0 Å². The van der Waals surface area contributed by atoms with E-state index in [0.29, 0.717) is 10.8 Å². The van der Waals surface area contributed by atoms with Crippen LogP contribution in [-0.2, 0) is 0 Å². The lowest BCUT2D eigenvalue weighted by atomic mass is 9.45. The van der Waals surface area contributed by atoms with Gasteiger partial charge in [-0.15, -0.1) is 0 Å². The van der Waals surface area contributed by atoms with E-state index in [1.54, 1.807) is 0 Å². The zero-order valence-electron chi connectivity index (χ0n) is 19.9. The Kier molecular flexibility index (Phi) is 5.83. The van der Waals surface area contributed by atoms with Crippen LogP contribution >= 0.6 is 0 Å². The molecule has 0 amide bonds. The van der Waals surface area contributed by atoms with Crippen LogP contribution in [-0.4, -0.2) is 0 Å². The van der Waals surface area contributed by atoms with E-state index in [1.807, 2.05) is 5.57 Å². The van der Waals surface area contributed by atoms with Gasteiger partial charge in [0.05, 0.1) is 0 Å². The molecule has 8 atom stereocenters. The van der Waals surface area contributed by atoms with E-state index in [-0.39, 0.29) is 0 Å². The average Bonchev–Trinajstić information content (AvgIpc) is 3.02. The second-order valence-corrected chi connectivity index (χ2v) is 12.5. The van der Waals surface area contributed by atoms with Gasteiger partial charge < -0.3 is 0 Å². The lowest BCUT2D eigenvalue weighted by Gasteiger charge is -2.59. The molecule has 0 radical (unpaired) electrons. The first kappa shape index (κ1) is 21.0. The van der Waals surface area contributed by atoms with Crippen LogP contribution in [0.5, 0.6) is 0 Å². The molecule has 0 spiro atoms. The van der Waals surface area contributed by atoms with Crippen molar-refractivity contribution in [2.45, 2.75) is 112 Å². The van der Waals surface area contributed by atoms with Crippen LogP contribution in [0.15, 0.2) is 11.6 Å². The number of fused-ring (bicyclic) bond motifs is 5. The van der Waals surface area contributed by atoms with Crippen LogP contribution in [0.25, 0.3) is 0 Å². The van der Waals surface area contributed by atoms with Crippen LogP contribution in [0.3, 0.4) is 0 Å². The summed E-state index contributed by atoms with van der Waals surface area (Å²) in [4.78, 5) is 0. The Labute approximate surface area is 176 Å². The summed E-state index contributed by atoms with van der Waals surface area (Å²) in [5.74, 6) is 6.49. The van der Waals surface area contributed by atoms with E-state index in [4.69, 9.17) is 0 Å². The second kappa shape index (κ2) is 7.77. The number of allylic oxidation sites excluding steroid dienone is 2. The Morgan fingerprint density at radius 1 is 0.929 bits per heavy atom. The van der Waals surface area contributed by atoms with Crippen molar-refractivity contribution in [2.24, 2.45) is 52.3 Å². The van der Waals surface area contributed by atoms with Gasteiger partial charge in [-0.1, -0.05) is 78.9 Å².